The summed E-state index contributed by atoms with van der Waals surface area (Å²) in [4.78, 5) is 4.16. The minimum Gasteiger partial charge on any atom is -0.235 e. The Morgan fingerprint density at radius 2 is 1.83 bits per heavy atom. The Hall–Kier alpha value is -1.80. The van der Waals surface area contributed by atoms with Crippen molar-refractivity contribution < 1.29 is 12.6 Å². The molecule has 0 amide bonds. The summed E-state index contributed by atoms with van der Waals surface area (Å²) in [5.41, 5.74) is 1.31. The monoisotopic (exact) mass is 353 g/mol. The first-order valence-corrected chi connectivity index (χ1v) is 9.48. The summed E-state index contributed by atoms with van der Waals surface area (Å²) in [7, 11) is -5.10. The van der Waals surface area contributed by atoms with Crippen molar-refractivity contribution in [2.45, 2.75) is 37.3 Å². The molecule has 8 heteroatoms. The van der Waals surface area contributed by atoms with Gasteiger partial charge in [0.05, 0.1) is 15.9 Å². The molecule has 0 aliphatic heterocycles. The summed E-state index contributed by atoms with van der Waals surface area (Å²) >= 11 is 0. The van der Waals surface area contributed by atoms with Crippen molar-refractivity contribution in [3.63, 3.8) is 0 Å². The molecule has 2 aromatic rings. The highest BCUT2D eigenvalue weighted by Crippen LogP contribution is 2.15. The Kier molecular flexibility index (Phi) is 4.86. The van der Waals surface area contributed by atoms with E-state index in [0.29, 0.717) is 5.69 Å². The number of nitrogens with zero attached hydrogens (tertiary/aromatic N) is 3. The van der Waals surface area contributed by atoms with Gasteiger partial charge in [-0.1, -0.05) is 17.7 Å². The fourth-order valence-electron chi connectivity index (χ4n) is 1.61. The molecule has 23 heavy (non-hydrogen) atoms. The predicted molar refractivity (Wildman–Crippen MR) is 91.5 cm³/mol. The number of hydrogen-bond acceptors (Lipinski definition) is 4. The minimum atomic E-state index is -3.69. The lowest BCUT2D eigenvalue weighted by molar-refractivity contribution is 0.587. The Morgan fingerprint density at radius 1 is 1.22 bits per heavy atom. The van der Waals surface area contributed by atoms with Crippen LogP contribution in [-0.2, 0) is 21.0 Å². The fourth-order valence-corrected chi connectivity index (χ4v) is 3.27. The fraction of sp³-hybridized carbons (Fsp3) is 0.333. The lowest BCUT2D eigenvalue weighted by Crippen LogP contribution is -2.19. The van der Waals surface area contributed by atoms with Crippen molar-refractivity contribution in [3.8, 4) is 0 Å². The second-order valence-corrected chi connectivity index (χ2v) is 9.82. The van der Waals surface area contributed by atoms with E-state index in [1.54, 1.807) is 45.0 Å². The van der Waals surface area contributed by atoms with E-state index in [2.05, 4.69) is 9.38 Å². The van der Waals surface area contributed by atoms with Crippen molar-refractivity contribution in [2.75, 3.05) is 0 Å². The third-order valence-electron chi connectivity index (χ3n) is 2.98. The first-order valence-electron chi connectivity index (χ1n) is 6.93. The Morgan fingerprint density at radius 3 is 2.39 bits per heavy atom. The molecular weight excluding hydrogens is 334 g/mol. The summed E-state index contributed by atoms with van der Waals surface area (Å²) in [6.07, 6.45) is 3.87. The molecule has 1 heterocycles. The van der Waals surface area contributed by atoms with E-state index in [4.69, 9.17) is 0 Å². The van der Waals surface area contributed by atoms with Crippen LogP contribution in [0.25, 0.3) is 0 Å². The second kappa shape index (κ2) is 6.37. The molecule has 1 atom stereocenters. The van der Waals surface area contributed by atoms with E-state index in [0.717, 1.165) is 9.54 Å². The lowest BCUT2D eigenvalue weighted by Gasteiger charge is -2.12. The van der Waals surface area contributed by atoms with Gasteiger partial charge in [-0.3, -0.25) is 0 Å². The van der Waals surface area contributed by atoms with E-state index in [1.807, 2.05) is 6.92 Å². The zero-order valence-corrected chi connectivity index (χ0v) is 15.1. The summed E-state index contributed by atoms with van der Waals surface area (Å²) in [6, 6.07) is 6.57. The van der Waals surface area contributed by atoms with Crippen LogP contribution in [-0.4, -0.2) is 32.5 Å². The van der Waals surface area contributed by atoms with E-state index in [1.165, 1.54) is 18.7 Å². The van der Waals surface area contributed by atoms with Crippen LogP contribution in [0.1, 0.15) is 32.0 Å². The van der Waals surface area contributed by atoms with Gasteiger partial charge in [-0.15, -0.1) is 0 Å². The largest absolute Gasteiger partial charge is 0.268 e. The van der Waals surface area contributed by atoms with Gasteiger partial charge < -0.3 is 0 Å². The molecule has 1 aromatic heterocycles. The second-order valence-electron chi connectivity index (χ2n) is 6.04. The van der Waals surface area contributed by atoms with Crippen molar-refractivity contribution in [3.05, 3.63) is 48.0 Å². The van der Waals surface area contributed by atoms with E-state index < -0.39 is 25.8 Å². The van der Waals surface area contributed by atoms with Crippen LogP contribution in [0, 0.1) is 6.92 Å². The number of benzene rings is 1. The van der Waals surface area contributed by atoms with Gasteiger partial charge in [-0.05, 0) is 39.8 Å². The van der Waals surface area contributed by atoms with E-state index in [-0.39, 0.29) is 4.90 Å². The van der Waals surface area contributed by atoms with E-state index >= 15 is 0 Å². The van der Waals surface area contributed by atoms with Crippen molar-refractivity contribution in [1.82, 2.24) is 8.96 Å². The van der Waals surface area contributed by atoms with Crippen LogP contribution in [0.2, 0.25) is 0 Å². The predicted octanol–water partition coefficient (Wildman–Crippen LogP) is 2.31. The number of hydrogen-bond donors (Lipinski definition) is 0. The minimum absolute atomic E-state index is 0.183. The van der Waals surface area contributed by atoms with Crippen LogP contribution >= 0.6 is 0 Å². The molecule has 0 saturated heterocycles. The van der Waals surface area contributed by atoms with E-state index in [9.17, 15) is 12.6 Å². The molecular formula is C15H19N3O3S2. The van der Waals surface area contributed by atoms with Crippen molar-refractivity contribution in [2.24, 2.45) is 4.40 Å². The third kappa shape index (κ3) is 4.14. The maximum absolute atomic E-state index is 12.5. The number of aromatic nitrogens is 2. The van der Waals surface area contributed by atoms with Crippen LogP contribution in [0.3, 0.4) is 0 Å². The molecule has 0 radical (unpaired) electrons. The van der Waals surface area contributed by atoms with Gasteiger partial charge >= 0.3 is 0 Å². The van der Waals surface area contributed by atoms with Gasteiger partial charge in [-0.2, -0.15) is 4.40 Å². The average molecular weight is 353 g/mol. The number of aryl methyl sites for hydroxylation is 1. The summed E-state index contributed by atoms with van der Waals surface area (Å²) < 4.78 is 41.3. The van der Waals surface area contributed by atoms with Gasteiger partial charge in [0.1, 0.15) is 23.0 Å². The van der Waals surface area contributed by atoms with Crippen LogP contribution in [0.5, 0.6) is 0 Å². The standard InChI is InChI=1S/C15H19N3O3S2/c1-12-5-7-14(8-6-12)23(20,21)18-10-13(16-11-18)9-17-22(19)15(2,3)4/h5-11H,1-4H3/t22-/m1/s1. The Labute approximate surface area is 138 Å². The highest BCUT2D eigenvalue weighted by atomic mass is 32.2. The molecule has 1 aromatic carbocycles. The average Bonchev–Trinajstić information content (AvgIpc) is 2.93. The number of imidazole rings is 1. The summed E-state index contributed by atoms with van der Waals surface area (Å²) in [6.45, 7) is 7.31. The normalized spacial score (nSPS) is 14.3. The molecule has 2 rings (SSSR count). The van der Waals surface area contributed by atoms with Crippen molar-refractivity contribution in [1.29, 1.82) is 0 Å². The highest BCUT2D eigenvalue weighted by molar-refractivity contribution is 7.90. The summed E-state index contributed by atoms with van der Waals surface area (Å²) in [5, 5.41) is 0. The molecule has 0 aliphatic rings. The first kappa shape index (κ1) is 17.6. The Balaban J connectivity index is 2.27. The first-order chi connectivity index (χ1) is 10.6. The molecule has 0 saturated carbocycles. The number of rotatable bonds is 4. The quantitative estimate of drug-likeness (QED) is 0.790. The Bertz CT molecular complexity index is 845. The maximum atomic E-state index is 12.5. The zero-order chi connectivity index (χ0) is 17.3. The van der Waals surface area contributed by atoms with Gasteiger partial charge in [0, 0.05) is 6.20 Å². The molecule has 6 nitrogen and oxygen atoms in total. The van der Waals surface area contributed by atoms with Crippen molar-refractivity contribution >= 4 is 27.2 Å². The zero-order valence-electron chi connectivity index (χ0n) is 13.4. The molecule has 0 unspecified atom stereocenters. The highest BCUT2D eigenvalue weighted by Gasteiger charge is 2.19. The lowest BCUT2D eigenvalue weighted by atomic mass is 10.2. The SMILES string of the molecule is Cc1ccc(S(=O)(=O)n2cnc(C=N[S@](=O)C(C)(C)C)c2)cc1. The molecule has 0 spiro atoms. The third-order valence-corrected chi connectivity index (χ3v) is 5.95. The van der Waals surface area contributed by atoms with Gasteiger partial charge in [0.15, 0.2) is 0 Å². The topological polar surface area (TPSA) is 81.4 Å². The van der Waals surface area contributed by atoms with Gasteiger partial charge in [-0.25, -0.2) is 21.6 Å². The molecule has 124 valence electrons. The van der Waals surface area contributed by atoms with Crippen LogP contribution in [0.15, 0.2) is 46.1 Å². The molecule has 0 N–H and O–H groups in total. The van der Waals surface area contributed by atoms with Crippen LogP contribution in [0.4, 0.5) is 0 Å². The van der Waals surface area contributed by atoms with Crippen LogP contribution < -0.4 is 0 Å². The summed E-state index contributed by atoms with van der Waals surface area (Å²) in [5.74, 6) is 0. The maximum Gasteiger partial charge on any atom is 0.268 e. The molecule has 0 bridgehead atoms. The van der Waals surface area contributed by atoms with Gasteiger partial charge in [0.2, 0.25) is 0 Å². The smallest absolute Gasteiger partial charge is 0.235 e. The molecule has 0 aliphatic carbocycles. The van der Waals surface area contributed by atoms with Gasteiger partial charge in [0.25, 0.3) is 10.0 Å². The molecule has 0 fully saturated rings.